The molecule has 4 amide bonds. The van der Waals surface area contributed by atoms with Crippen molar-refractivity contribution >= 4 is 30.1 Å². The van der Waals surface area contributed by atoms with Crippen LogP contribution in [0.5, 0.6) is 5.75 Å². The molecule has 2 aromatic carbocycles. The third-order valence-electron chi connectivity index (χ3n) is 5.04. The Hall–Kier alpha value is -3.25. The molecule has 2 N–H and O–H groups in total. The van der Waals surface area contributed by atoms with Gasteiger partial charge in [0.05, 0.1) is 12.6 Å². The van der Waals surface area contributed by atoms with Crippen molar-refractivity contribution in [3.8, 4) is 16.9 Å². The second-order valence-electron chi connectivity index (χ2n) is 8.02. The number of amides is 4. The third-order valence-corrected chi connectivity index (χ3v) is 6.19. The van der Waals surface area contributed by atoms with E-state index in [9.17, 15) is 32.8 Å². The van der Waals surface area contributed by atoms with Gasteiger partial charge >= 0.3 is 12.4 Å². The lowest BCUT2D eigenvalue weighted by molar-refractivity contribution is -0.274. The van der Waals surface area contributed by atoms with Gasteiger partial charge in [0, 0.05) is 10.6 Å². The SMILES string of the molecule is CC1(C)NC(=O)N(CC(CSc2ccc(-c3ccc(OC(F)(F)F)cc3)cc2)N(O)C=O)C1=O. The molecular weight excluding hydrogens is 475 g/mol. The highest BCUT2D eigenvalue weighted by Gasteiger charge is 2.45. The largest absolute Gasteiger partial charge is 0.573 e. The second-order valence-corrected chi connectivity index (χ2v) is 9.11. The van der Waals surface area contributed by atoms with Crippen molar-refractivity contribution in [2.24, 2.45) is 0 Å². The summed E-state index contributed by atoms with van der Waals surface area (Å²) >= 11 is 1.30. The Bertz CT molecular complexity index is 1050. The Morgan fingerprint density at radius 1 is 1.12 bits per heavy atom. The number of carbonyl (C=O) groups excluding carboxylic acids is 3. The topological polar surface area (TPSA) is 99.2 Å². The highest BCUT2D eigenvalue weighted by molar-refractivity contribution is 7.99. The van der Waals surface area contributed by atoms with Gasteiger partial charge in [0.25, 0.3) is 5.91 Å². The van der Waals surface area contributed by atoms with Gasteiger partial charge in [-0.3, -0.25) is 19.7 Å². The zero-order valence-corrected chi connectivity index (χ0v) is 19.0. The lowest BCUT2D eigenvalue weighted by Gasteiger charge is -2.26. The van der Waals surface area contributed by atoms with E-state index in [1.54, 1.807) is 38.1 Å². The molecule has 0 bridgehead atoms. The maximum Gasteiger partial charge on any atom is 0.573 e. The maximum absolute atomic E-state index is 12.4. The van der Waals surface area contributed by atoms with Crippen molar-refractivity contribution in [2.75, 3.05) is 12.3 Å². The molecule has 1 aliphatic rings. The van der Waals surface area contributed by atoms with Crippen molar-refractivity contribution < 1.29 is 37.5 Å². The number of halogens is 3. The smallest absolute Gasteiger partial charge is 0.406 e. The number of carbonyl (C=O) groups is 3. The third kappa shape index (κ3) is 6.20. The van der Waals surface area contributed by atoms with E-state index in [1.165, 1.54) is 36.0 Å². The van der Waals surface area contributed by atoms with Crippen LogP contribution < -0.4 is 10.1 Å². The molecule has 1 unspecified atom stereocenters. The predicted octanol–water partition coefficient (Wildman–Crippen LogP) is 3.89. The van der Waals surface area contributed by atoms with Crippen LogP contribution in [0.3, 0.4) is 0 Å². The molecule has 1 heterocycles. The molecule has 0 saturated carbocycles. The van der Waals surface area contributed by atoms with Crippen molar-refractivity contribution in [1.29, 1.82) is 0 Å². The molecule has 182 valence electrons. The summed E-state index contributed by atoms with van der Waals surface area (Å²) in [7, 11) is 0. The summed E-state index contributed by atoms with van der Waals surface area (Å²) < 4.78 is 40.8. The molecule has 12 heteroatoms. The van der Waals surface area contributed by atoms with E-state index >= 15 is 0 Å². The minimum Gasteiger partial charge on any atom is -0.406 e. The van der Waals surface area contributed by atoms with Crippen LogP contribution in [0.15, 0.2) is 53.4 Å². The van der Waals surface area contributed by atoms with Crippen molar-refractivity contribution in [3.63, 3.8) is 0 Å². The maximum atomic E-state index is 12.4. The molecule has 0 aromatic heterocycles. The number of urea groups is 1. The Morgan fingerprint density at radius 3 is 2.15 bits per heavy atom. The number of imide groups is 1. The summed E-state index contributed by atoms with van der Waals surface area (Å²) in [4.78, 5) is 37.4. The van der Waals surface area contributed by atoms with Gasteiger partial charge in [-0.2, -0.15) is 0 Å². The van der Waals surface area contributed by atoms with Crippen molar-refractivity contribution in [2.45, 2.75) is 36.7 Å². The first-order valence-electron chi connectivity index (χ1n) is 10.1. The molecule has 0 spiro atoms. The van der Waals surface area contributed by atoms with E-state index in [4.69, 9.17) is 0 Å². The van der Waals surface area contributed by atoms with Crippen LogP contribution in [0.2, 0.25) is 0 Å². The fourth-order valence-electron chi connectivity index (χ4n) is 3.28. The van der Waals surface area contributed by atoms with Crippen LogP contribution in [0.1, 0.15) is 13.8 Å². The summed E-state index contributed by atoms with van der Waals surface area (Å²) in [5.41, 5.74) is 0.383. The first-order chi connectivity index (χ1) is 15.9. The average molecular weight is 497 g/mol. The van der Waals surface area contributed by atoms with Gasteiger partial charge in [0.2, 0.25) is 6.41 Å². The Kier molecular flexibility index (Phi) is 7.41. The number of hydrogen-bond acceptors (Lipinski definition) is 6. The van der Waals surface area contributed by atoms with Crippen LogP contribution in [0, 0.1) is 0 Å². The monoisotopic (exact) mass is 497 g/mol. The molecule has 1 aliphatic heterocycles. The second kappa shape index (κ2) is 9.94. The summed E-state index contributed by atoms with van der Waals surface area (Å²) in [6.07, 6.45) is -4.54. The van der Waals surface area contributed by atoms with Crippen LogP contribution >= 0.6 is 11.8 Å². The molecular formula is C22H22F3N3O5S. The van der Waals surface area contributed by atoms with Gasteiger partial charge in [-0.1, -0.05) is 24.3 Å². The zero-order chi connectivity index (χ0) is 25.1. The summed E-state index contributed by atoms with van der Waals surface area (Å²) in [6.45, 7) is 2.94. The Morgan fingerprint density at radius 2 is 1.68 bits per heavy atom. The number of hydroxylamine groups is 2. The molecule has 0 aliphatic carbocycles. The predicted molar refractivity (Wildman–Crippen MR) is 117 cm³/mol. The van der Waals surface area contributed by atoms with Crippen LogP contribution in [0.4, 0.5) is 18.0 Å². The van der Waals surface area contributed by atoms with E-state index in [1.807, 2.05) is 0 Å². The lowest BCUT2D eigenvalue weighted by Crippen LogP contribution is -2.47. The van der Waals surface area contributed by atoms with Gasteiger partial charge in [-0.25, -0.2) is 9.86 Å². The number of nitrogens with one attached hydrogen (secondary N) is 1. The zero-order valence-electron chi connectivity index (χ0n) is 18.2. The van der Waals surface area contributed by atoms with Crippen LogP contribution in [-0.4, -0.2) is 63.8 Å². The van der Waals surface area contributed by atoms with E-state index in [0.29, 0.717) is 10.6 Å². The molecule has 1 fully saturated rings. The summed E-state index contributed by atoms with van der Waals surface area (Å²) in [6, 6.07) is 11.1. The number of hydrogen-bond donors (Lipinski definition) is 2. The highest BCUT2D eigenvalue weighted by atomic mass is 32.2. The van der Waals surface area contributed by atoms with Crippen LogP contribution in [-0.2, 0) is 9.59 Å². The number of ether oxygens (including phenoxy) is 1. The average Bonchev–Trinajstić information content (AvgIpc) is 2.97. The van der Waals surface area contributed by atoms with Gasteiger partial charge in [0.15, 0.2) is 0 Å². The first-order valence-corrected chi connectivity index (χ1v) is 11.0. The number of benzene rings is 2. The number of alkyl halides is 3. The van der Waals surface area contributed by atoms with Crippen molar-refractivity contribution in [1.82, 2.24) is 15.3 Å². The minimum atomic E-state index is -4.76. The van der Waals surface area contributed by atoms with Crippen molar-refractivity contribution in [3.05, 3.63) is 48.5 Å². The fraction of sp³-hybridized carbons (Fsp3) is 0.318. The molecule has 3 rings (SSSR count). The molecule has 1 saturated heterocycles. The number of thioether (sulfide) groups is 1. The first kappa shape index (κ1) is 25.4. The van der Waals surface area contributed by atoms with Crippen LogP contribution in [0.25, 0.3) is 11.1 Å². The quantitative estimate of drug-likeness (QED) is 0.179. The fourth-order valence-corrected chi connectivity index (χ4v) is 4.25. The minimum absolute atomic E-state index is 0.180. The Balaban J connectivity index is 1.64. The molecule has 1 atom stereocenters. The number of rotatable bonds is 9. The summed E-state index contributed by atoms with van der Waals surface area (Å²) in [5.74, 6) is -0.579. The highest BCUT2D eigenvalue weighted by Crippen LogP contribution is 2.29. The van der Waals surface area contributed by atoms with E-state index in [2.05, 4.69) is 10.1 Å². The van der Waals surface area contributed by atoms with Gasteiger partial charge in [-0.05, 0) is 49.2 Å². The molecule has 34 heavy (non-hydrogen) atoms. The molecule has 0 radical (unpaired) electrons. The normalized spacial score (nSPS) is 16.2. The molecule has 2 aromatic rings. The number of nitrogens with zero attached hydrogens (tertiary/aromatic N) is 2. The van der Waals surface area contributed by atoms with Gasteiger partial charge in [-0.15, -0.1) is 24.9 Å². The van der Waals surface area contributed by atoms with Gasteiger partial charge in [0.1, 0.15) is 11.3 Å². The van der Waals surface area contributed by atoms with E-state index in [-0.39, 0.29) is 24.5 Å². The molecule has 8 nitrogen and oxygen atoms in total. The van der Waals surface area contributed by atoms with Gasteiger partial charge < -0.3 is 10.1 Å². The lowest BCUT2D eigenvalue weighted by atomic mass is 10.1. The standard InChI is InChI=1S/C22H22F3N3O5S/c1-21(2)19(30)27(20(31)26-21)11-16(28(32)13-29)12-34-18-9-5-15(6-10-18)14-3-7-17(8-4-14)33-22(23,24)25/h3-10,13,16,32H,11-12H2,1-2H3,(H,26,31). The van der Waals surface area contributed by atoms with E-state index in [0.717, 1.165) is 15.4 Å². The summed E-state index contributed by atoms with van der Waals surface area (Å²) in [5, 5.41) is 12.9. The Labute approximate surface area is 197 Å². The van der Waals surface area contributed by atoms with E-state index < -0.39 is 29.9 Å².